The predicted molar refractivity (Wildman–Crippen MR) is 239 cm³/mol. The van der Waals surface area contributed by atoms with Crippen molar-refractivity contribution >= 4 is 74.6 Å². The van der Waals surface area contributed by atoms with E-state index in [0.29, 0.717) is 46.0 Å². The Hall–Kier alpha value is -4.88. The number of nitrogens with two attached hydrogens (primary N) is 2. The Balaban J connectivity index is 0.000000138. The summed E-state index contributed by atoms with van der Waals surface area (Å²) in [4.78, 5) is 35.6. The van der Waals surface area contributed by atoms with E-state index >= 15 is 0 Å². The first-order chi connectivity index (χ1) is 29.3. The van der Waals surface area contributed by atoms with Crippen LogP contribution in [0.25, 0.3) is 33.6 Å². The van der Waals surface area contributed by atoms with Crippen molar-refractivity contribution in [1.29, 1.82) is 0 Å². The van der Waals surface area contributed by atoms with Gasteiger partial charge in [-0.3, -0.25) is 0 Å². The van der Waals surface area contributed by atoms with Gasteiger partial charge in [-0.05, 0) is 118 Å². The molecule has 0 spiro atoms. The maximum absolute atomic E-state index is 8.59. The van der Waals surface area contributed by atoms with Crippen LogP contribution in [-0.2, 0) is 0 Å². The zero-order chi connectivity index (χ0) is 41.4. The van der Waals surface area contributed by atoms with Crippen molar-refractivity contribution in [1.82, 2.24) is 39.7 Å². The van der Waals surface area contributed by atoms with Gasteiger partial charge in [0.1, 0.15) is 11.6 Å². The highest BCUT2D eigenvalue weighted by Gasteiger charge is 2.29. The maximum Gasteiger partial charge on any atom is 0.490 e. The topological polar surface area (TPSA) is 209 Å². The standard InChI is InChI=1S/C21H26N6O.C16H21BrN4O.C5H7BN2O2/c22-19-5-4-15(13-23-19)16-12-18-20(24-14-16)25-21(28-18)27-10-6-17(7-11-27)26-8-2-1-3-9-26;17-12-10-14-15(18-11-12)19-16(22-14)21-8-4-13(5-9-21)20-6-2-1-3-7-20;7-5-2-1-4(3-8-5)6(9)10/h4-5,12-14,17H,1-3,6-11H2,(H2,22,23);10-11,13H,1-9H2;1-3,9-10H,(H2,7,8). The van der Waals surface area contributed by atoms with Crippen LogP contribution in [-0.4, -0.2) is 121 Å². The van der Waals surface area contributed by atoms with Crippen LogP contribution in [0.3, 0.4) is 0 Å². The highest BCUT2D eigenvalue weighted by molar-refractivity contribution is 9.10. The van der Waals surface area contributed by atoms with E-state index in [1.54, 1.807) is 18.5 Å². The molecular formula is C42H54BBrN12O4. The van der Waals surface area contributed by atoms with Gasteiger partial charge in [0.2, 0.25) is 11.3 Å². The zero-order valence-electron chi connectivity index (χ0n) is 33.9. The summed E-state index contributed by atoms with van der Waals surface area (Å²) in [6, 6.07) is 13.5. The highest BCUT2D eigenvalue weighted by atomic mass is 79.9. The number of pyridine rings is 4. The minimum Gasteiger partial charge on any atom is -0.423 e. The largest absolute Gasteiger partial charge is 0.490 e. The van der Waals surface area contributed by atoms with Crippen LogP contribution in [0.2, 0.25) is 0 Å². The number of nitrogens with zero attached hydrogens (tertiary/aromatic N) is 10. The van der Waals surface area contributed by atoms with E-state index in [0.717, 1.165) is 59.4 Å². The second-order valence-electron chi connectivity index (χ2n) is 16.0. The summed E-state index contributed by atoms with van der Waals surface area (Å²) >= 11 is 3.42. The van der Waals surface area contributed by atoms with E-state index in [1.165, 1.54) is 109 Å². The molecule has 0 atom stereocenters. The molecule has 0 radical (unpaired) electrons. The summed E-state index contributed by atoms with van der Waals surface area (Å²) in [5, 5.41) is 17.2. The third-order valence-corrected chi connectivity index (χ3v) is 12.4. The average molecular weight is 882 g/mol. The number of halogens is 1. The van der Waals surface area contributed by atoms with Crippen LogP contribution in [0.1, 0.15) is 64.2 Å². The number of hydrogen-bond donors (Lipinski definition) is 4. The molecule has 10 rings (SSSR count). The molecule has 10 heterocycles. The lowest BCUT2D eigenvalue weighted by Gasteiger charge is -2.39. The number of likely N-dealkylation sites (tertiary alicyclic amines) is 2. The first-order valence-electron chi connectivity index (χ1n) is 21.2. The third kappa shape index (κ3) is 10.5. The molecule has 6 aromatic heterocycles. The number of rotatable bonds is 6. The molecule has 4 saturated heterocycles. The maximum atomic E-state index is 8.59. The van der Waals surface area contributed by atoms with Crippen molar-refractivity contribution in [3.8, 4) is 11.1 Å². The van der Waals surface area contributed by atoms with Crippen molar-refractivity contribution in [2.24, 2.45) is 0 Å². The van der Waals surface area contributed by atoms with Gasteiger partial charge < -0.3 is 49.9 Å². The molecule has 16 nitrogen and oxygen atoms in total. The van der Waals surface area contributed by atoms with Crippen molar-refractivity contribution in [2.45, 2.75) is 76.3 Å². The fourth-order valence-electron chi connectivity index (χ4n) is 8.58. The quantitative estimate of drug-likeness (QED) is 0.160. The Morgan fingerprint density at radius 2 is 1.05 bits per heavy atom. The van der Waals surface area contributed by atoms with E-state index in [9.17, 15) is 0 Å². The monoisotopic (exact) mass is 880 g/mol. The zero-order valence-corrected chi connectivity index (χ0v) is 35.5. The van der Waals surface area contributed by atoms with Gasteiger partial charge in [0.25, 0.3) is 12.0 Å². The Labute approximate surface area is 358 Å². The number of hydrogen-bond acceptors (Lipinski definition) is 16. The summed E-state index contributed by atoms with van der Waals surface area (Å²) in [7, 11) is -1.46. The van der Waals surface area contributed by atoms with Crippen molar-refractivity contribution in [2.75, 3.05) is 73.6 Å². The van der Waals surface area contributed by atoms with E-state index < -0.39 is 7.12 Å². The Morgan fingerprint density at radius 3 is 1.53 bits per heavy atom. The molecule has 60 heavy (non-hydrogen) atoms. The van der Waals surface area contributed by atoms with Gasteiger partial charge in [0, 0.05) is 90.2 Å². The van der Waals surface area contributed by atoms with E-state index in [-0.39, 0.29) is 0 Å². The van der Waals surface area contributed by atoms with Gasteiger partial charge in [-0.1, -0.05) is 18.9 Å². The predicted octanol–water partition coefficient (Wildman–Crippen LogP) is 5.11. The number of anilines is 4. The van der Waals surface area contributed by atoms with Gasteiger partial charge in [-0.25, -0.2) is 19.9 Å². The number of fused-ring (bicyclic) bond motifs is 2. The molecule has 4 aliphatic heterocycles. The summed E-state index contributed by atoms with van der Waals surface area (Å²) in [6.07, 6.45) is 19.6. The third-order valence-electron chi connectivity index (χ3n) is 11.9. The van der Waals surface area contributed by atoms with Crippen molar-refractivity contribution in [3.63, 3.8) is 0 Å². The summed E-state index contributed by atoms with van der Waals surface area (Å²) < 4.78 is 12.9. The lowest BCUT2D eigenvalue weighted by Crippen LogP contribution is -2.46. The van der Waals surface area contributed by atoms with Crippen LogP contribution in [0, 0.1) is 0 Å². The molecule has 0 bridgehead atoms. The van der Waals surface area contributed by atoms with Crippen LogP contribution in [0.15, 0.2) is 74.5 Å². The van der Waals surface area contributed by atoms with Gasteiger partial charge >= 0.3 is 7.12 Å². The minimum atomic E-state index is -1.46. The lowest BCUT2D eigenvalue weighted by atomic mass is 9.82. The molecule has 0 saturated carbocycles. The molecule has 316 valence electrons. The van der Waals surface area contributed by atoms with Gasteiger partial charge in [-0.2, -0.15) is 9.97 Å². The van der Waals surface area contributed by atoms with Crippen LogP contribution >= 0.6 is 15.9 Å². The molecule has 4 aliphatic rings. The Morgan fingerprint density at radius 1 is 0.567 bits per heavy atom. The second-order valence-corrected chi connectivity index (χ2v) is 16.9. The molecule has 4 fully saturated rings. The van der Waals surface area contributed by atoms with Crippen LogP contribution < -0.4 is 26.7 Å². The average Bonchev–Trinajstić information content (AvgIpc) is 3.92. The van der Waals surface area contributed by atoms with E-state index in [4.69, 9.17) is 30.3 Å². The van der Waals surface area contributed by atoms with Crippen LogP contribution in [0.4, 0.5) is 23.7 Å². The highest BCUT2D eigenvalue weighted by Crippen LogP contribution is 2.30. The molecule has 0 unspecified atom stereocenters. The summed E-state index contributed by atoms with van der Waals surface area (Å²) in [5.41, 5.74) is 16.0. The molecule has 0 aromatic carbocycles. The van der Waals surface area contributed by atoms with Crippen molar-refractivity contribution in [3.05, 3.63) is 65.7 Å². The van der Waals surface area contributed by atoms with Gasteiger partial charge in [-0.15, -0.1) is 0 Å². The normalized spacial score (nSPS) is 18.5. The molecule has 0 aliphatic carbocycles. The SMILES string of the molecule is Brc1cnc2nc(N3CCC(N4CCCCC4)CC3)oc2c1.Nc1ccc(-c2cnc3nc(N4CCC(N5CCCCC5)CC4)oc3c2)cn1.Nc1ccc(B(O)O)cn1. The fourth-order valence-corrected chi connectivity index (χ4v) is 8.89. The minimum absolute atomic E-state index is 0.342. The summed E-state index contributed by atoms with van der Waals surface area (Å²) in [5.74, 6) is 0.872. The number of nitrogen functional groups attached to an aromatic ring is 2. The van der Waals surface area contributed by atoms with Gasteiger partial charge in [0.15, 0.2) is 11.2 Å². The lowest BCUT2D eigenvalue weighted by molar-refractivity contribution is 0.140. The number of aromatic nitrogens is 6. The molecule has 18 heteroatoms. The fraction of sp³-hybridized carbons (Fsp3) is 0.476. The van der Waals surface area contributed by atoms with E-state index in [1.807, 2.05) is 24.4 Å². The molecule has 6 aromatic rings. The Bertz CT molecular complexity index is 2270. The summed E-state index contributed by atoms with van der Waals surface area (Å²) in [6.45, 7) is 9.12. The first-order valence-corrected chi connectivity index (χ1v) is 22.0. The van der Waals surface area contributed by atoms with Crippen molar-refractivity contribution < 1.29 is 18.9 Å². The molecule has 6 N–H and O–H groups in total. The number of piperidine rings is 4. The molecular weight excluding hydrogens is 827 g/mol. The Kier molecular flexibility index (Phi) is 13.7. The van der Waals surface area contributed by atoms with Gasteiger partial charge in [0.05, 0.1) is 0 Å². The first kappa shape index (κ1) is 41.8. The second kappa shape index (κ2) is 19.7. The molecule has 0 amide bonds. The van der Waals surface area contributed by atoms with E-state index in [2.05, 4.69) is 65.4 Å². The number of oxazole rings is 2. The van der Waals surface area contributed by atoms with Crippen LogP contribution in [0.5, 0.6) is 0 Å². The smallest absolute Gasteiger partial charge is 0.423 e.